The number of nitriles is 1. The molecule has 17 heavy (non-hydrogen) atoms. The monoisotopic (exact) mass is 252 g/mol. The van der Waals surface area contributed by atoms with Gasteiger partial charge in [0, 0.05) is 4.88 Å². The van der Waals surface area contributed by atoms with Crippen molar-refractivity contribution in [2.45, 2.75) is 33.8 Å². The fourth-order valence-electron chi connectivity index (χ4n) is 1.25. The minimum Gasteiger partial charge on any atom is -0.369 e. The van der Waals surface area contributed by atoms with E-state index in [4.69, 9.17) is 10.00 Å². The molecule has 1 N–H and O–H groups in total. The van der Waals surface area contributed by atoms with Gasteiger partial charge in [0.15, 0.2) is 0 Å². The van der Waals surface area contributed by atoms with E-state index in [-0.39, 0.29) is 18.6 Å². The summed E-state index contributed by atoms with van der Waals surface area (Å²) in [6.45, 7) is 7.56. The van der Waals surface area contributed by atoms with Gasteiger partial charge >= 0.3 is 0 Å². The average Bonchev–Trinajstić information content (AvgIpc) is 2.51. The smallest absolute Gasteiger partial charge is 0.251 e. The number of aryl methyl sites for hydroxylation is 1. The van der Waals surface area contributed by atoms with Crippen LogP contribution in [0.15, 0.2) is 0 Å². The Bertz CT molecular complexity index is 458. The van der Waals surface area contributed by atoms with Gasteiger partial charge in [-0.1, -0.05) is 0 Å². The summed E-state index contributed by atoms with van der Waals surface area (Å²) in [5.74, 6) is -0.226. The predicted molar refractivity (Wildman–Crippen MR) is 68.2 cm³/mol. The van der Waals surface area contributed by atoms with Crippen molar-refractivity contribution in [2.75, 3.05) is 11.9 Å². The second kappa shape index (κ2) is 5.80. The van der Waals surface area contributed by atoms with Crippen LogP contribution >= 0.6 is 11.3 Å². The topological polar surface area (TPSA) is 62.1 Å². The van der Waals surface area contributed by atoms with Crippen molar-refractivity contribution in [3.63, 3.8) is 0 Å². The van der Waals surface area contributed by atoms with E-state index in [1.807, 2.05) is 27.7 Å². The van der Waals surface area contributed by atoms with Crippen LogP contribution in [0, 0.1) is 25.2 Å². The first-order valence-electron chi connectivity index (χ1n) is 5.37. The van der Waals surface area contributed by atoms with E-state index in [2.05, 4.69) is 11.4 Å². The van der Waals surface area contributed by atoms with E-state index < -0.39 is 0 Å². The van der Waals surface area contributed by atoms with Crippen molar-refractivity contribution in [3.05, 3.63) is 16.0 Å². The van der Waals surface area contributed by atoms with Crippen LogP contribution < -0.4 is 5.32 Å². The van der Waals surface area contributed by atoms with Crippen molar-refractivity contribution in [3.8, 4) is 6.07 Å². The molecule has 0 saturated heterocycles. The van der Waals surface area contributed by atoms with Crippen molar-refractivity contribution >= 4 is 22.2 Å². The number of thiophene rings is 1. The van der Waals surface area contributed by atoms with E-state index in [0.29, 0.717) is 10.6 Å². The summed E-state index contributed by atoms with van der Waals surface area (Å²) in [4.78, 5) is 12.6. The fourth-order valence-corrected chi connectivity index (χ4v) is 2.28. The van der Waals surface area contributed by atoms with Gasteiger partial charge in [-0.25, -0.2) is 0 Å². The molecule has 0 bridgehead atoms. The van der Waals surface area contributed by atoms with Crippen LogP contribution in [-0.2, 0) is 9.53 Å². The molecule has 1 amide bonds. The molecule has 0 aliphatic carbocycles. The zero-order chi connectivity index (χ0) is 13.0. The highest BCUT2D eigenvalue weighted by Crippen LogP contribution is 2.31. The van der Waals surface area contributed by atoms with E-state index in [9.17, 15) is 4.79 Å². The SMILES string of the molecule is Cc1sc(NC(=O)COC(C)C)c(C#N)c1C. The Morgan fingerprint density at radius 2 is 2.18 bits per heavy atom. The van der Waals surface area contributed by atoms with Crippen LogP contribution in [-0.4, -0.2) is 18.6 Å². The molecule has 0 aliphatic rings. The summed E-state index contributed by atoms with van der Waals surface area (Å²) in [6, 6.07) is 2.11. The van der Waals surface area contributed by atoms with E-state index in [1.54, 1.807) is 0 Å². The van der Waals surface area contributed by atoms with E-state index in [0.717, 1.165) is 10.4 Å². The molecular formula is C12H16N2O2S. The molecule has 0 aliphatic heterocycles. The molecule has 0 atom stereocenters. The van der Waals surface area contributed by atoms with Gasteiger partial charge in [-0.15, -0.1) is 11.3 Å². The minimum absolute atomic E-state index is 0.0124. The maximum atomic E-state index is 11.6. The molecular weight excluding hydrogens is 236 g/mol. The van der Waals surface area contributed by atoms with Crippen LogP contribution in [0.5, 0.6) is 0 Å². The largest absolute Gasteiger partial charge is 0.369 e. The Labute approximate surface area is 105 Å². The van der Waals surface area contributed by atoms with Gasteiger partial charge in [0.2, 0.25) is 0 Å². The molecule has 0 saturated carbocycles. The molecule has 0 radical (unpaired) electrons. The van der Waals surface area contributed by atoms with Gasteiger partial charge in [0.05, 0.1) is 11.7 Å². The van der Waals surface area contributed by atoms with Gasteiger partial charge in [-0.05, 0) is 33.3 Å². The molecule has 1 rings (SSSR count). The maximum Gasteiger partial charge on any atom is 0.251 e. The predicted octanol–water partition coefficient (Wildman–Crippen LogP) is 2.60. The van der Waals surface area contributed by atoms with Gasteiger partial charge < -0.3 is 10.1 Å². The first kappa shape index (κ1) is 13.7. The van der Waals surface area contributed by atoms with Crippen LogP contribution in [0.3, 0.4) is 0 Å². The first-order chi connectivity index (χ1) is 7.95. The summed E-state index contributed by atoms with van der Waals surface area (Å²) >= 11 is 1.42. The second-order valence-corrected chi connectivity index (χ2v) is 5.23. The van der Waals surface area contributed by atoms with Crippen LogP contribution in [0.25, 0.3) is 0 Å². The molecule has 1 heterocycles. The zero-order valence-corrected chi connectivity index (χ0v) is 11.3. The Balaban J connectivity index is 2.72. The summed E-state index contributed by atoms with van der Waals surface area (Å²) in [5.41, 5.74) is 1.47. The Hall–Kier alpha value is -1.38. The number of hydrogen-bond donors (Lipinski definition) is 1. The molecule has 0 spiro atoms. The summed E-state index contributed by atoms with van der Waals surface area (Å²) < 4.78 is 5.20. The highest BCUT2D eigenvalue weighted by molar-refractivity contribution is 7.16. The third-order valence-corrected chi connectivity index (χ3v) is 3.42. The lowest BCUT2D eigenvalue weighted by Crippen LogP contribution is -2.20. The maximum absolute atomic E-state index is 11.6. The number of hydrogen-bond acceptors (Lipinski definition) is 4. The minimum atomic E-state index is -0.226. The van der Waals surface area contributed by atoms with Crippen molar-refractivity contribution < 1.29 is 9.53 Å². The average molecular weight is 252 g/mol. The molecule has 0 fully saturated rings. The number of carbonyl (C=O) groups excluding carboxylic acids is 1. The Morgan fingerprint density at radius 1 is 1.53 bits per heavy atom. The summed E-state index contributed by atoms with van der Waals surface area (Å²) in [6.07, 6.45) is 0.0167. The molecule has 0 aromatic carbocycles. The van der Waals surface area contributed by atoms with Crippen molar-refractivity contribution in [2.24, 2.45) is 0 Å². The van der Waals surface area contributed by atoms with Gasteiger partial charge in [0.25, 0.3) is 5.91 Å². The van der Waals surface area contributed by atoms with Crippen LogP contribution in [0.4, 0.5) is 5.00 Å². The molecule has 1 aromatic rings. The fraction of sp³-hybridized carbons (Fsp3) is 0.500. The van der Waals surface area contributed by atoms with Crippen molar-refractivity contribution in [1.29, 1.82) is 5.26 Å². The van der Waals surface area contributed by atoms with Crippen molar-refractivity contribution in [1.82, 2.24) is 0 Å². The Morgan fingerprint density at radius 3 is 2.71 bits per heavy atom. The number of carbonyl (C=O) groups is 1. The van der Waals surface area contributed by atoms with Gasteiger partial charge in [-0.3, -0.25) is 4.79 Å². The van der Waals surface area contributed by atoms with Crippen LogP contribution in [0.2, 0.25) is 0 Å². The van der Waals surface area contributed by atoms with Gasteiger partial charge in [0.1, 0.15) is 17.7 Å². The van der Waals surface area contributed by atoms with E-state index in [1.165, 1.54) is 11.3 Å². The molecule has 5 heteroatoms. The lowest BCUT2D eigenvalue weighted by atomic mass is 10.2. The molecule has 92 valence electrons. The number of nitrogens with zero attached hydrogens (tertiary/aromatic N) is 1. The highest BCUT2D eigenvalue weighted by Gasteiger charge is 2.14. The number of amides is 1. The van der Waals surface area contributed by atoms with Crippen LogP contribution in [0.1, 0.15) is 29.9 Å². The second-order valence-electron chi connectivity index (χ2n) is 4.01. The molecule has 4 nitrogen and oxygen atoms in total. The quantitative estimate of drug-likeness (QED) is 0.896. The number of rotatable bonds is 4. The third kappa shape index (κ3) is 3.55. The highest BCUT2D eigenvalue weighted by atomic mass is 32.1. The normalized spacial score (nSPS) is 10.4. The summed E-state index contributed by atoms with van der Waals surface area (Å²) in [5, 5.41) is 12.3. The lowest BCUT2D eigenvalue weighted by molar-refractivity contribution is -0.121. The molecule has 1 aromatic heterocycles. The Kier molecular flexibility index (Phi) is 4.67. The molecule has 0 unspecified atom stereocenters. The lowest BCUT2D eigenvalue weighted by Gasteiger charge is -2.07. The van der Waals surface area contributed by atoms with E-state index >= 15 is 0 Å². The first-order valence-corrected chi connectivity index (χ1v) is 6.19. The van der Waals surface area contributed by atoms with Gasteiger partial charge in [-0.2, -0.15) is 5.26 Å². The zero-order valence-electron chi connectivity index (χ0n) is 10.5. The standard InChI is InChI=1S/C12H16N2O2S/c1-7(2)16-6-11(15)14-12-10(5-13)8(3)9(4)17-12/h7H,6H2,1-4H3,(H,14,15). The number of nitrogens with one attached hydrogen (secondary N) is 1. The summed E-state index contributed by atoms with van der Waals surface area (Å²) in [7, 11) is 0. The number of anilines is 1. The third-order valence-electron chi connectivity index (χ3n) is 2.30. The number of ether oxygens (including phenoxy) is 1.